The summed E-state index contributed by atoms with van der Waals surface area (Å²) in [6.45, 7) is 0. The molecule has 102 valence electrons. The van der Waals surface area contributed by atoms with Crippen molar-refractivity contribution in [3.8, 4) is 11.8 Å². The second kappa shape index (κ2) is 5.56. The molecule has 0 saturated heterocycles. The Labute approximate surface area is 123 Å². The lowest BCUT2D eigenvalue weighted by Crippen LogP contribution is -1.85. The molecular weight excluding hydrogens is 260 g/mol. The Morgan fingerprint density at radius 1 is 1.14 bits per heavy atom. The summed E-state index contributed by atoms with van der Waals surface area (Å²) in [4.78, 5) is 3.21. The average molecular weight is 274 g/mol. The molecule has 3 nitrogen and oxygen atoms in total. The summed E-state index contributed by atoms with van der Waals surface area (Å²) in [6.07, 6.45) is 3.83. The molecule has 1 aromatic heterocycles. The first-order chi connectivity index (χ1) is 10.3. The lowest BCUT2D eigenvalue weighted by Gasteiger charge is -2.02. The van der Waals surface area contributed by atoms with Crippen molar-refractivity contribution in [3.63, 3.8) is 0 Å². The molecule has 0 atom stereocenters. The maximum Gasteiger partial charge on any atom is 0.118 e. The minimum atomic E-state index is 0.627. The third-order valence-electron chi connectivity index (χ3n) is 3.44. The summed E-state index contributed by atoms with van der Waals surface area (Å²) in [7, 11) is 1.63. The van der Waals surface area contributed by atoms with Crippen molar-refractivity contribution in [2.24, 2.45) is 0 Å². The van der Waals surface area contributed by atoms with E-state index >= 15 is 0 Å². The van der Waals surface area contributed by atoms with Gasteiger partial charge < -0.3 is 9.72 Å². The van der Waals surface area contributed by atoms with Crippen LogP contribution in [-0.2, 0) is 0 Å². The average Bonchev–Trinajstić information content (AvgIpc) is 2.96. The van der Waals surface area contributed by atoms with Gasteiger partial charge in [0.15, 0.2) is 0 Å². The van der Waals surface area contributed by atoms with Gasteiger partial charge in [-0.1, -0.05) is 18.2 Å². The van der Waals surface area contributed by atoms with Gasteiger partial charge >= 0.3 is 0 Å². The molecule has 2 aromatic carbocycles. The highest BCUT2D eigenvalue weighted by atomic mass is 16.5. The molecule has 3 heteroatoms. The Hall–Kier alpha value is -2.99. The van der Waals surface area contributed by atoms with Crippen LogP contribution < -0.4 is 4.74 Å². The van der Waals surface area contributed by atoms with Crippen LogP contribution in [0.25, 0.3) is 22.6 Å². The van der Waals surface area contributed by atoms with E-state index in [0.29, 0.717) is 5.57 Å². The van der Waals surface area contributed by atoms with Crippen molar-refractivity contribution in [1.29, 1.82) is 5.26 Å². The number of aromatic nitrogens is 1. The topological polar surface area (TPSA) is 48.8 Å². The molecule has 1 heterocycles. The van der Waals surface area contributed by atoms with Crippen LogP contribution in [0.4, 0.5) is 0 Å². The van der Waals surface area contributed by atoms with Crippen LogP contribution in [0.15, 0.2) is 54.7 Å². The Morgan fingerprint density at radius 2 is 1.90 bits per heavy atom. The first kappa shape index (κ1) is 13.0. The molecule has 0 fully saturated rings. The van der Waals surface area contributed by atoms with E-state index in [-0.39, 0.29) is 0 Å². The molecule has 0 amide bonds. The van der Waals surface area contributed by atoms with E-state index < -0.39 is 0 Å². The number of nitriles is 1. The van der Waals surface area contributed by atoms with Crippen molar-refractivity contribution in [1.82, 2.24) is 4.98 Å². The Morgan fingerprint density at radius 3 is 2.62 bits per heavy atom. The number of nitrogens with zero attached hydrogens (tertiary/aromatic N) is 1. The molecular formula is C18H14N2O. The quantitative estimate of drug-likeness (QED) is 0.726. The van der Waals surface area contributed by atoms with Gasteiger partial charge in [-0.3, -0.25) is 0 Å². The van der Waals surface area contributed by atoms with Crippen molar-refractivity contribution >= 4 is 22.6 Å². The molecule has 21 heavy (non-hydrogen) atoms. The molecule has 0 saturated carbocycles. The Balaban J connectivity index is 2.04. The highest BCUT2D eigenvalue weighted by Crippen LogP contribution is 2.24. The van der Waals surface area contributed by atoms with E-state index in [4.69, 9.17) is 4.74 Å². The first-order valence-corrected chi connectivity index (χ1v) is 6.64. The number of methoxy groups -OCH3 is 1. The number of benzene rings is 2. The molecule has 0 aliphatic carbocycles. The summed E-state index contributed by atoms with van der Waals surface area (Å²) >= 11 is 0. The fourth-order valence-electron chi connectivity index (χ4n) is 2.32. The van der Waals surface area contributed by atoms with E-state index in [1.165, 1.54) is 0 Å². The Kier molecular flexibility index (Phi) is 3.44. The van der Waals surface area contributed by atoms with Crippen LogP contribution in [-0.4, -0.2) is 12.1 Å². The molecule has 3 aromatic rings. The van der Waals surface area contributed by atoms with Crippen molar-refractivity contribution in [2.75, 3.05) is 7.11 Å². The Bertz CT molecular complexity index is 836. The monoisotopic (exact) mass is 274 g/mol. The number of ether oxygens (including phenoxy) is 1. The lowest BCUT2D eigenvalue weighted by molar-refractivity contribution is 0.415. The van der Waals surface area contributed by atoms with Crippen LogP contribution in [0.2, 0.25) is 0 Å². The van der Waals surface area contributed by atoms with Crippen LogP contribution in [0, 0.1) is 11.3 Å². The van der Waals surface area contributed by atoms with Gasteiger partial charge in [-0.25, -0.2) is 0 Å². The number of nitrogens with one attached hydrogen (secondary N) is 1. The van der Waals surface area contributed by atoms with E-state index in [0.717, 1.165) is 27.8 Å². The van der Waals surface area contributed by atoms with Gasteiger partial charge in [0.25, 0.3) is 0 Å². The molecule has 0 aliphatic rings. The third-order valence-corrected chi connectivity index (χ3v) is 3.44. The summed E-state index contributed by atoms with van der Waals surface area (Å²) in [5.41, 5.74) is 3.58. The van der Waals surface area contributed by atoms with Crippen LogP contribution in [0.5, 0.6) is 5.75 Å². The van der Waals surface area contributed by atoms with Gasteiger partial charge in [-0.05, 0) is 42.0 Å². The van der Waals surface area contributed by atoms with Gasteiger partial charge in [-0.15, -0.1) is 0 Å². The van der Waals surface area contributed by atoms with Gasteiger partial charge in [-0.2, -0.15) is 5.26 Å². The number of hydrogen-bond acceptors (Lipinski definition) is 2. The first-order valence-electron chi connectivity index (χ1n) is 6.64. The number of H-pyrrole nitrogens is 1. The molecule has 3 rings (SSSR count). The molecule has 1 N–H and O–H groups in total. The number of aromatic amines is 1. The molecule has 0 aliphatic heterocycles. The smallest absolute Gasteiger partial charge is 0.118 e. The van der Waals surface area contributed by atoms with Gasteiger partial charge in [0.1, 0.15) is 5.75 Å². The van der Waals surface area contributed by atoms with Gasteiger partial charge in [0.05, 0.1) is 18.8 Å². The second-order valence-electron chi connectivity index (χ2n) is 4.69. The van der Waals surface area contributed by atoms with E-state index in [9.17, 15) is 5.26 Å². The number of hydrogen-bond donors (Lipinski definition) is 1. The summed E-state index contributed by atoms with van der Waals surface area (Å²) in [6, 6.07) is 17.8. The summed E-state index contributed by atoms with van der Waals surface area (Å²) in [5.74, 6) is 0.781. The van der Waals surface area contributed by atoms with Crippen LogP contribution in [0.1, 0.15) is 11.1 Å². The minimum Gasteiger partial charge on any atom is -0.497 e. The number of allylic oxidation sites excluding steroid dienone is 1. The third kappa shape index (κ3) is 2.52. The fourth-order valence-corrected chi connectivity index (χ4v) is 2.32. The second-order valence-corrected chi connectivity index (χ2v) is 4.69. The minimum absolute atomic E-state index is 0.627. The van der Waals surface area contributed by atoms with Crippen molar-refractivity contribution in [3.05, 3.63) is 65.9 Å². The molecule has 0 bridgehead atoms. The highest BCUT2D eigenvalue weighted by molar-refractivity contribution is 5.97. The largest absolute Gasteiger partial charge is 0.497 e. The number of para-hydroxylation sites is 1. The molecule has 0 unspecified atom stereocenters. The molecule has 0 spiro atoms. The zero-order chi connectivity index (χ0) is 14.7. The van der Waals surface area contributed by atoms with E-state index in [2.05, 4.69) is 11.1 Å². The zero-order valence-corrected chi connectivity index (χ0v) is 11.6. The maximum atomic E-state index is 9.42. The summed E-state index contributed by atoms with van der Waals surface area (Å²) in [5, 5.41) is 10.5. The lowest BCUT2D eigenvalue weighted by atomic mass is 10.0. The zero-order valence-electron chi connectivity index (χ0n) is 11.6. The predicted molar refractivity (Wildman–Crippen MR) is 84.8 cm³/mol. The van der Waals surface area contributed by atoms with Gasteiger partial charge in [0, 0.05) is 22.7 Å². The maximum absolute atomic E-state index is 9.42. The summed E-state index contributed by atoms with van der Waals surface area (Å²) < 4.78 is 5.14. The van der Waals surface area contributed by atoms with E-state index in [1.54, 1.807) is 7.11 Å². The SMILES string of the molecule is COc1ccc(/C(C#N)=C/c2c[nH]c3ccccc23)cc1. The van der Waals surface area contributed by atoms with Crippen LogP contribution in [0.3, 0.4) is 0 Å². The highest BCUT2D eigenvalue weighted by Gasteiger charge is 2.05. The van der Waals surface area contributed by atoms with Gasteiger partial charge in [0.2, 0.25) is 0 Å². The van der Waals surface area contributed by atoms with Crippen molar-refractivity contribution < 1.29 is 4.74 Å². The number of rotatable bonds is 3. The van der Waals surface area contributed by atoms with Crippen LogP contribution >= 0.6 is 0 Å². The predicted octanol–water partition coefficient (Wildman–Crippen LogP) is 4.24. The standard InChI is InChI=1S/C18H14N2O/c1-21-16-8-6-13(7-9-16)14(11-19)10-15-12-20-18-5-3-2-4-17(15)18/h2-10,12,20H,1H3/b14-10+. The number of fused-ring (bicyclic) bond motifs is 1. The van der Waals surface area contributed by atoms with E-state index in [1.807, 2.05) is 60.8 Å². The van der Waals surface area contributed by atoms with Crippen molar-refractivity contribution in [2.45, 2.75) is 0 Å². The fraction of sp³-hybridized carbons (Fsp3) is 0.0556. The normalized spacial score (nSPS) is 11.3. The molecule has 0 radical (unpaired) electrons.